The molecule has 3 rings (SSSR count). The third-order valence-electron chi connectivity index (χ3n) is 6.72. The van der Waals surface area contributed by atoms with E-state index in [1.807, 2.05) is 12.1 Å². The molecule has 0 radical (unpaired) electrons. The lowest BCUT2D eigenvalue weighted by Crippen LogP contribution is -2.53. The molecule has 176 valence electrons. The molecule has 2 aromatic rings. The predicted molar refractivity (Wildman–Crippen MR) is 125 cm³/mol. The van der Waals surface area contributed by atoms with Gasteiger partial charge in [0, 0.05) is 18.2 Å². The largest absolute Gasteiger partial charge is 0.392 e. The molecule has 2 aromatic carbocycles. The molecular weight excluding hydrogens is 408 g/mol. The summed E-state index contributed by atoms with van der Waals surface area (Å²) < 4.78 is 26.8. The van der Waals surface area contributed by atoms with Crippen molar-refractivity contribution in [3.8, 4) is 0 Å². The molecule has 1 fully saturated rings. The molecule has 0 aromatic heterocycles. The lowest BCUT2D eigenvalue weighted by Gasteiger charge is -2.43. The van der Waals surface area contributed by atoms with Crippen LogP contribution in [0.1, 0.15) is 82.1 Å². The van der Waals surface area contributed by atoms with E-state index in [0.29, 0.717) is 24.9 Å². The minimum atomic E-state index is -0.673. The van der Waals surface area contributed by atoms with Crippen LogP contribution >= 0.6 is 0 Å². The predicted octanol–water partition coefficient (Wildman–Crippen LogP) is 5.58. The molecular formula is C27H37F2NO2. The number of benzene rings is 2. The van der Waals surface area contributed by atoms with E-state index < -0.39 is 29.4 Å². The highest BCUT2D eigenvalue weighted by Gasteiger charge is 2.40. The van der Waals surface area contributed by atoms with Gasteiger partial charge < -0.3 is 15.5 Å². The van der Waals surface area contributed by atoms with Crippen LogP contribution in [0, 0.1) is 11.6 Å². The van der Waals surface area contributed by atoms with Crippen molar-refractivity contribution in [3.05, 3.63) is 70.8 Å². The summed E-state index contributed by atoms with van der Waals surface area (Å²) in [4.78, 5) is 0. The van der Waals surface area contributed by atoms with Gasteiger partial charge in [0.1, 0.15) is 11.6 Å². The van der Waals surface area contributed by atoms with Crippen LogP contribution < -0.4 is 5.32 Å². The number of aliphatic hydroxyl groups excluding tert-OH is 2. The summed E-state index contributed by atoms with van der Waals surface area (Å²) in [5.74, 6) is -1.20. The van der Waals surface area contributed by atoms with Crippen molar-refractivity contribution in [1.29, 1.82) is 0 Å². The molecule has 0 aliphatic heterocycles. The molecule has 3 nitrogen and oxygen atoms in total. The summed E-state index contributed by atoms with van der Waals surface area (Å²) in [7, 11) is 0. The lowest BCUT2D eigenvalue weighted by atomic mass is 9.74. The van der Waals surface area contributed by atoms with Crippen LogP contribution in [0.4, 0.5) is 8.78 Å². The van der Waals surface area contributed by atoms with Gasteiger partial charge in [0.05, 0.1) is 12.2 Å². The van der Waals surface area contributed by atoms with Crippen LogP contribution in [0.15, 0.2) is 42.5 Å². The van der Waals surface area contributed by atoms with E-state index in [0.717, 1.165) is 43.7 Å². The fourth-order valence-corrected chi connectivity index (χ4v) is 4.74. The first kappa shape index (κ1) is 24.8. The first-order valence-corrected chi connectivity index (χ1v) is 11.8. The number of halogens is 2. The minimum Gasteiger partial charge on any atom is -0.392 e. The van der Waals surface area contributed by atoms with Crippen molar-refractivity contribution in [2.75, 3.05) is 6.54 Å². The Morgan fingerprint density at radius 2 is 1.62 bits per heavy atom. The number of aliphatic hydroxyl groups is 2. The Morgan fingerprint density at radius 3 is 2.25 bits per heavy atom. The Morgan fingerprint density at radius 1 is 0.969 bits per heavy atom. The molecule has 0 bridgehead atoms. The topological polar surface area (TPSA) is 52.5 Å². The second kappa shape index (κ2) is 10.4. The summed E-state index contributed by atoms with van der Waals surface area (Å²) in [5.41, 5.74) is 2.13. The summed E-state index contributed by atoms with van der Waals surface area (Å²) in [5, 5.41) is 25.5. The van der Waals surface area contributed by atoms with Crippen molar-refractivity contribution in [2.45, 2.75) is 88.9 Å². The number of hydrogen-bond acceptors (Lipinski definition) is 3. The second-order valence-electron chi connectivity index (χ2n) is 10.3. The van der Waals surface area contributed by atoms with Crippen LogP contribution in [0.2, 0.25) is 0 Å². The van der Waals surface area contributed by atoms with Gasteiger partial charge in [-0.1, -0.05) is 64.3 Å². The highest BCUT2D eigenvalue weighted by atomic mass is 19.1. The summed E-state index contributed by atoms with van der Waals surface area (Å²) >= 11 is 0. The van der Waals surface area contributed by atoms with E-state index in [9.17, 15) is 19.0 Å². The monoisotopic (exact) mass is 445 g/mol. The van der Waals surface area contributed by atoms with Crippen molar-refractivity contribution in [3.63, 3.8) is 0 Å². The van der Waals surface area contributed by atoms with Gasteiger partial charge in [0.25, 0.3) is 0 Å². The Balaban J connectivity index is 1.68. The molecule has 1 aliphatic carbocycles. The third-order valence-corrected chi connectivity index (χ3v) is 6.72. The number of rotatable bonds is 8. The molecule has 0 amide bonds. The first-order valence-electron chi connectivity index (χ1n) is 11.8. The number of nitrogens with one attached hydrogen (secondary N) is 1. The van der Waals surface area contributed by atoms with Crippen LogP contribution in [-0.2, 0) is 11.8 Å². The van der Waals surface area contributed by atoms with E-state index in [1.54, 1.807) is 0 Å². The van der Waals surface area contributed by atoms with Gasteiger partial charge >= 0.3 is 0 Å². The van der Waals surface area contributed by atoms with E-state index in [2.05, 4.69) is 38.2 Å². The Hall–Kier alpha value is -1.82. The number of β-amino-alcohol motifs (C(OH)–C–C–N with tert-alkyl or cyclic N) is 1. The highest BCUT2D eigenvalue weighted by molar-refractivity contribution is 5.31. The Kier molecular flexibility index (Phi) is 8.07. The van der Waals surface area contributed by atoms with Gasteiger partial charge in [-0.05, 0) is 59.9 Å². The smallest absolute Gasteiger partial charge is 0.126 e. The maximum Gasteiger partial charge on any atom is 0.126 e. The summed E-state index contributed by atoms with van der Waals surface area (Å²) in [6.07, 6.45) is 4.33. The number of aryl methyl sites for hydroxylation is 1. The van der Waals surface area contributed by atoms with Crippen LogP contribution in [0.3, 0.4) is 0 Å². The highest BCUT2D eigenvalue weighted by Crippen LogP contribution is 2.39. The van der Waals surface area contributed by atoms with Gasteiger partial charge in [0.2, 0.25) is 0 Å². The average molecular weight is 446 g/mol. The standard InChI is InChI=1S/C27H37F2NO2/c1-26(2,3)21-9-7-8-20(16-21)25(32)27(12-5-4-6-13-27)30-18-24(31)11-10-19-14-22(28)17-23(29)15-19/h7-9,14-17,24-25,30-32H,4-6,10-13,18H2,1-3H3. The summed E-state index contributed by atoms with van der Waals surface area (Å²) in [6, 6.07) is 11.6. The van der Waals surface area contributed by atoms with Crippen molar-refractivity contribution in [2.24, 2.45) is 0 Å². The number of hydrogen-bond donors (Lipinski definition) is 3. The van der Waals surface area contributed by atoms with Gasteiger partial charge in [-0.3, -0.25) is 0 Å². The SMILES string of the molecule is CC(C)(C)c1cccc(C(O)C2(NCC(O)CCc3cc(F)cc(F)c3)CCCCC2)c1. The Bertz CT molecular complexity index is 867. The van der Waals surface area contributed by atoms with Crippen molar-refractivity contribution >= 4 is 0 Å². The normalized spacial score (nSPS) is 18.3. The molecule has 0 saturated heterocycles. The molecule has 1 saturated carbocycles. The van der Waals surface area contributed by atoms with Crippen LogP contribution in [-0.4, -0.2) is 28.4 Å². The Labute approximate surface area is 190 Å². The van der Waals surface area contributed by atoms with E-state index in [1.165, 1.54) is 17.7 Å². The average Bonchev–Trinajstić information content (AvgIpc) is 2.75. The van der Waals surface area contributed by atoms with Gasteiger partial charge in [-0.15, -0.1) is 0 Å². The molecule has 1 aliphatic rings. The molecule has 0 heterocycles. The van der Waals surface area contributed by atoms with E-state index >= 15 is 0 Å². The summed E-state index contributed by atoms with van der Waals surface area (Å²) in [6.45, 7) is 6.81. The molecule has 2 unspecified atom stereocenters. The fraction of sp³-hybridized carbons (Fsp3) is 0.556. The molecule has 0 spiro atoms. The quantitative estimate of drug-likeness (QED) is 0.497. The fourth-order valence-electron chi connectivity index (χ4n) is 4.74. The van der Waals surface area contributed by atoms with Crippen molar-refractivity contribution in [1.82, 2.24) is 5.32 Å². The van der Waals surface area contributed by atoms with Crippen LogP contribution in [0.25, 0.3) is 0 Å². The van der Waals surface area contributed by atoms with E-state index in [4.69, 9.17) is 0 Å². The first-order chi connectivity index (χ1) is 15.1. The van der Waals surface area contributed by atoms with Crippen molar-refractivity contribution < 1.29 is 19.0 Å². The third kappa shape index (κ3) is 6.37. The zero-order valence-electron chi connectivity index (χ0n) is 19.5. The maximum atomic E-state index is 13.4. The molecule has 32 heavy (non-hydrogen) atoms. The maximum absolute atomic E-state index is 13.4. The molecule has 5 heteroatoms. The van der Waals surface area contributed by atoms with E-state index in [-0.39, 0.29) is 5.41 Å². The zero-order chi connectivity index (χ0) is 23.4. The van der Waals surface area contributed by atoms with Gasteiger partial charge in [-0.2, -0.15) is 0 Å². The van der Waals surface area contributed by atoms with Crippen LogP contribution in [0.5, 0.6) is 0 Å². The minimum absolute atomic E-state index is 0.00450. The van der Waals surface area contributed by atoms with Gasteiger partial charge in [-0.25, -0.2) is 8.78 Å². The second-order valence-corrected chi connectivity index (χ2v) is 10.3. The lowest BCUT2D eigenvalue weighted by molar-refractivity contribution is 0.0216. The molecule has 3 N–H and O–H groups in total. The van der Waals surface area contributed by atoms with Gasteiger partial charge in [0.15, 0.2) is 0 Å². The zero-order valence-corrected chi connectivity index (χ0v) is 19.5. The molecule has 2 atom stereocenters.